The van der Waals surface area contributed by atoms with Gasteiger partial charge < -0.3 is 5.32 Å². The number of rotatable bonds is 3. The van der Waals surface area contributed by atoms with E-state index in [0.717, 1.165) is 12.1 Å². The van der Waals surface area contributed by atoms with Crippen LogP contribution in [0.4, 0.5) is 24.7 Å². The predicted octanol–water partition coefficient (Wildman–Crippen LogP) is 3.98. The van der Waals surface area contributed by atoms with E-state index in [-0.39, 0.29) is 17.2 Å². The number of halogens is 3. The first-order valence-corrected chi connectivity index (χ1v) is 7.30. The van der Waals surface area contributed by atoms with Crippen molar-refractivity contribution in [2.75, 3.05) is 5.32 Å². The van der Waals surface area contributed by atoms with Crippen LogP contribution in [0.2, 0.25) is 0 Å². The van der Waals surface area contributed by atoms with Gasteiger partial charge in [0, 0.05) is 0 Å². The molecule has 2 aromatic heterocycles. The van der Waals surface area contributed by atoms with E-state index in [1.54, 1.807) is 18.2 Å². The fourth-order valence-electron chi connectivity index (χ4n) is 2.48. The van der Waals surface area contributed by atoms with Crippen molar-refractivity contribution < 1.29 is 13.2 Å². The van der Waals surface area contributed by atoms with Crippen molar-refractivity contribution >= 4 is 22.5 Å². The Hall–Kier alpha value is -3.42. The highest BCUT2D eigenvalue weighted by molar-refractivity contribution is 5.89. The third kappa shape index (κ3) is 2.57. The Kier molecular flexibility index (Phi) is 3.57. The van der Waals surface area contributed by atoms with Gasteiger partial charge in [0.15, 0.2) is 5.65 Å². The Morgan fingerprint density at radius 2 is 1.56 bits per heavy atom. The summed E-state index contributed by atoms with van der Waals surface area (Å²) >= 11 is 0. The molecule has 0 aliphatic carbocycles. The maximum absolute atomic E-state index is 14.0. The van der Waals surface area contributed by atoms with Crippen LogP contribution in [0.15, 0.2) is 55.0 Å². The molecule has 1 N–H and O–H groups in total. The number of hydrogen-bond donors (Lipinski definition) is 1. The molecule has 0 atom stereocenters. The first-order valence-electron chi connectivity index (χ1n) is 7.30. The van der Waals surface area contributed by atoms with E-state index in [2.05, 4.69) is 20.4 Å². The molecule has 5 nitrogen and oxygen atoms in total. The molecule has 0 unspecified atom stereocenters. The lowest BCUT2D eigenvalue weighted by Gasteiger charge is -2.09. The molecule has 0 fully saturated rings. The largest absolute Gasteiger partial charge is 0.335 e. The van der Waals surface area contributed by atoms with Gasteiger partial charge in [-0.1, -0.05) is 18.2 Å². The van der Waals surface area contributed by atoms with E-state index in [1.165, 1.54) is 29.3 Å². The zero-order valence-electron chi connectivity index (χ0n) is 12.6. The summed E-state index contributed by atoms with van der Waals surface area (Å²) in [6, 6.07) is 9.61. The van der Waals surface area contributed by atoms with Crippen molar-refractivity contribution in [2.45, 2.75) is 0 Å². The van der Waals surface area contributed by atoms with Crippen LogP contribution in [0.1, 0.15) is 0 Å². The molecule has 0 amide bonds. The summed E-state index contributed by atoms with van der Waals surface area (Å²) in [5.74, 6) is -1.82. The van der Waals surface area contributed by atoms with E-state index >= 15 is 0 Å². The summed E-state index contributed by atoms with van der Waals surface area (Å²) in [6.07, 6.45) is 2.62. The molecule has 0 saturated heterocycles. The molecule has 0 aliphatic rings. The number of hydrogen-bond acceptors (Lipinski definition) is 4. The zero-order valence-corrected chi connectivity index (χ0v) is 12.6. The summed E-state index contributed by atoms with van der Waals surface area (Å²) in [5, 5.41) is 7.13. The van der Waals surface area contributed by atoms with Crippen molar-refractivity contribution in [3.8, 4) is 5.69 Å². The first kappa shape index (κ1) is 15.1. The average Bonchev–Trinajstić information content (AvgIpc) is 3.03. The van der Waals surface area contributed by atoms with Crippen LogP contribution in [0.3, 0.4) is 0 Å². The average molecular weight is 341 g/mol. The Labute approximate surface area is 139 Å². The fourth-order valence-corrected chi connectivity index (χ4v) is 2.48. The van der Waals surface area contributed by atoms with Gasteiger partial charge in [-0.3, -0.25) is 0 Å². The second-order valence-electron chi connectivity index (χ2n) is 5.19. The molecule has 0 spiro atoms. The normalized spacial score (nSPS) is 11.0. The second kappa shape index (κ2) is 5.90. The molecular formula is C17H10F3N5. The molecule has 8 heteroatoms. The minimum Gasteiger partial charge on any atom is -0.335 e. The summed E-state index contributed by atoms with van der Waals surface area (Å²) in [5.41, 5.74) is 0.180. The van der Waals surface area contributed by atoms with Crippen molar-refractivity contribution in [3.63, 3.8) is 0 Å². The Morgan fingerprint density at radius 1 is 0.840 bits per heavy atom. The standard InChI is InChI=1S/C17H10F3N5/c18-11-4-1-2-7-14(11)25-17-10(8-23-25)16(21-9-22-17)24-15-12(19)5-3-6-13(15)20/h1-9H,(H,21,22,24). The monoisotopic (exact) mass is 341 g/mol. The van der Waals surface area contributed by atoms with E-state index in [0.29, 0.717) is 11.0 Å². The highest BCUT2D eigenvalue weighted by Crippen LogP contribution is 2.27. The summed E-state index contributed by atoms with van der Waals surface area (Å²) in [4.78, 5) is 8.11. The molecule has 25 heavy (non-hydrogen) atoms. The Morgan fingerprint density at radius 3 is 2.32 bits per heavy atom. The summed E-state index contributed by atoms with van der Waals surface area (Å²) < 4.78 is 43.0. The van der Waals surface area contributed by atoms with Crippen LogP contribution >= 0.6 is 0 Å². The number of nitrogens with zero attached hydrogens (tertiary/aromatic N) is 4. The molecule has 4 rings (SSSR count). The SMILES string of the molecule is Fc1ccccc1-n1ncc2c(Nc3c(F)cccc3F)ncnc21. The van der Waals surface area contributed by atoms with Crippen molar-refractivity contribution in [3.05, 3.63) is 72.4 Å². The number of fused-ring (bicyclic) bond motifs is 1. The number of para-hydroxylation sites is 2. The van der Waals surface area contributed by atoms with Gasteiger partial charge in [-0.05, 0) is 24.3 Å². The van der Waals surface area contributed by atoms with Gasteiger partial charge in [0.05, 0.1) is 11.6 Å². The Bertz CT molecular complexity index is 1060. The number of anilines is 2. The van der Waals surface area contributed by atoms with Crippen LogP contribution in [-0.4, -0.2) is 19.7 Å². The van der Waals surface area contributed by atoms with E-state index in [9.17, 15) is 13.2 Å². The minimum absolute atomic E-state index is 0.164. The molecule has 0 radical (unpaired) electrons. The van der Waals surface area contributed by atoms with E-state index in [1.807, 2.05) is 0 Å². The molecule has 124 valence electrons. The molecule has 2 heterocycles. The molecule has 0 saturated carbocycles. The lowest BCUT2D eigenvalue weighted by Crippen LogP contribution is -2.02. The van der Waals surface area contributed by atoms with Gasteiger partial charge >= 0.3 is 0 Å². The van der Waals surface area contributed by atoms with E-state index in [4.69, 9.17) is 0 Å². The number of benzene rings is 2. The van der Waals surface area contributed by atoms with Gasteiger partial charge in [-0.15, -0.1) is 0 Å². The quantitative estimate of drug-likeness (QED) is 0.612. The lowest BCUT2D eigenvalue weighted by atomic mass is 10.2. The topological polar surface area (TPSA) is 55.6 Å². The lowest BCUT2D eigenvalue weighted by molar-refractivity contribution is 0.590. The van der Waals surface area contributed by atoms with Crippen LogP contribution in [0.5, 0.6) is 0 Å². The maximum Gasteiger partial charge on any atom is 0.168 e. The van der Waals surface area contributed by atoms with Crippen molar-refractivity contribution in [2.24, 2.45) is 0 Å². The maximum atomic E-state index is 14.0. The predicted molar refractivity (Wildman–Crippen MR) is 86.3 cm³/mol. The Balaban J connectivity index is 1.84. The minimum atomic E-state index is -0.756. The molecule has 4 aromatic rings. The van der Waals surface area contributed by atoms with Gasteiger partial charge in [0.2, 0.25) is 0 Å². The van der Waals surface area contributed by atoms with Crippen LogP contribution in [0, 0.1) is 17.5 Å². The first-order chi connectivity index (χ1) is 12.1. The molecule has 0 bridgehead atoms. The van der Waals surface area contributed by atoms with Crippen LogP contribution < -0.4 is 5.32 Å². The van der Waals surface area contributed by atoms with Gasteiger partial charge in [-0.25, -0.2) is 27.8 Å². The molecular weight excluding hydrogens is 331 g/mol. The fraction of sp³-hybridized carbons (Fsp3) is 0. The zero-order chi connectivity index (χ0) is 17.4. The van der Waals surface area contributed by atoms with Crippen molar-refractivity contribution in [1.82, 2.24) is 19.7 Å². The number of nitrogens with one attached hydrogen (secondary N) is 1. The number of aromatic nitrogens is 4. The smallest absolute Gasteiger partial charge is 0.168 e. The third-order valence-corrected chi connectivity index (χ3v) is 3.65. The van der Waals surface area contributed by atoms with Gasteiger partial charge in [-0.2, -0.15) is 5.10 Å². The summed E-state index contributed by atoms with van der Waals surface area (Å²) in [6.45, 7) is 0. The highest BCUT2D eigenvalue weighted by atomic mass is 19.1. The molecule has 2 aromatic carbocycles. The van der Waals surface area contributed by atoms with E-state index < -0.39 is 17.5 Å². The summed E-state index contributed by atoms with van der Waals surface area (Å²) in [7, 11) is 0. The van der Waals surface area contributed by atoms with Gasteiger partial charge in [0.25, 0.3) is 0 Å². The van der Waals surface area contributed by atoms with Crippen LogP contribution in [-0.2, 0) is 0 Å². The third-order valence-electron chi connectivity index (χ3n) is 3.65. The highest BCUT2D eigenvalue weighted by Gasteiger charge is 2.16. The van der Waals surface area contributed by atoms with Gasteiger partial charge in [0.1, 0.15) is 41.0 Å². The molecule has 0 aliphatic heterocycles. The van der Waals surface area contributed by atoms with Crippen molar-refractivity contribution in [1.29, 1.82) is 0 Å². The second-order valence-corrected chi connectivity index (χ2v) is 5.19. The van der Waals surface area contributed by atoms with Crippen LogP contribution in [0.25, 0.3) is 16.7 Å².